The van der Waals surface area contributed by atoms with Gasteiger partial charge in [-0.2, -0.15) is 0 Å². The Hall–Kier alpha value is -1.06. The second-order valence-electron chi connectivity index (χ2n) is 6.74. The van der Waals surface area contributed by atoms with E-state index in [1.165, 1.54) is 19.3 Å². The first-order valence-electron chi connectivity index (χ1n) is 8.71. The number of nitrogens with one attached hydrogen (secondary N) is 1. The number of hydrogen-bond donors (Lipinski definition) is 2. The summed E-state index contributed by atoms with van der Waals surface area (Å²) in [5.74, 6) is -0.942. The van der Waals surface area contributed by atoms with Crippen molar-refractivity contribution in [1.29, 1.82) is 0 Å². The second-order valence-corrected chi connectivity index (χ2v) is 6.74. The predicted molar refractivity (Wildman–Crippen MR) is 82.0 cm³/mol. The van der Waals surface area contributed by atoms with E-state index in [0.29, 0.717) is 6.42 Å². The summed E-state index contributed by atoms with van der Waals surface area (Å²) >= 11 is 0. The van der Waals surface area contributed by atoms with Crippen LogP contribution in [0.15, 0.2) is 0 Å². The molecule has 0 spiro atoms. The molecule has 0 radical (unpaired) electrons. The number of carboxylic acids is 1. The maximum Gasteiger partial charge on any atom is 0.308 e. The quantitative estimate of drug-likeness (QED) is 0.783. The lowest BCUT2D eigenvalue weighted by molar-refractivity contribution is -0.143. The van der Waals surface area contributed by atoms with Crippen molar-refractivity contribution >= 4 is 11.9 Å². The molecule has 0 aliphatic heterocycles. The molecule has 21 heavy (non-hydrogen) atoms. The monoisotopic (exact) mass is 295 g/mol. The van der Waals surface area contributed by atoms with Crippen LogP contribution in [0.1, 0.15) is 77.0 Å². The molecule has 0 heterocycles. The van der Waals surface area contributed by atoms with E-state index in [9.17, 15) is 14.7 Å². The van der Waals surface area contributed by atoms with Crippen molar-refractivity contribution in [2.24, 2.45) is 11.8 Å². The van der Waals surface area contributed by atoms with Gasteiger partial charge in [0.2, 0.25) is 5.91 Å². The maximum atomic E-state index is 12.5. The lowest BCUT2D eigenvalue weighted by Gasteiger charge is -2.26. The fraction of sp³-hybridized carbons (Fsp3) is 0.882. The minimum absolute atomic E-state index is 0.1000. The summed E-state index contributed by atoms with van der Waals surface area (Å²) in [6.07, 6.45) is 12.5. The number of carbonyl (C=O) groups is 2. The van der Waals surface area contributed by atoms with E-state index in [-0.39, 0.29) is 17.9 Å². The lowest BCUT2D eigenvalue weighted by Crippen LogP contribution is -2.45. The molecule has 2 aliphatic rings. The largest absolute Gasteiger partial charge is 0.481 e. The van der Waals surface area contributed by atoms with Crippen LogP contribution in [0.5, 0.6) is 0 Å². The zero-order valence-electron chi connectivity index (χ0n) is 13.0. The third kappa shape index (κ3) is 5.01. The van der Waals surface area contributed by atoms with Gasteiger partial charge in [-0.1, -0.05) is 51.4 Å². The number of carboxylic acid groups (broad SMARTS) is 1. The van der Waals surface area contributed by atoms with Gasteiger partial charge in [0.25, 0.3) is 0 Å². The second kappa shape index (κ2) is 8.40. The zero-order valence-corrected chi connectivity index (χ0v) is 13.0. The van der Waals surface area contributed by atoms with Crippen LogP contribution in [0.2, 0.25) is 0 Å². The fourth-order valence-electron chi connectivity index (χ4n) is 3.79. The van der Waals surface area contributed by atoms with E-state index >= 15 is 0 Å². The van der Waals surface area contributed by atoms with Crippen LogP contribution < -0.4 is 5.32 Å². The standard InChI is InChI=1S/C17H29NO3/c19-16(13-9-5-2-1-3-6-10-13)18-15-12-8-4-7-11-14(15)17(20)21/h13-15H,1-12H2,(H,18,19)(H,20,21). The van der Waals surface area contributed by atoms with E-state index in [0.717, 1.165) is 51.4 Å². The Labute approximate surface area is 127 Å². The summed E-state index contributed by atoms with van der Waals surface area (Å²) in [4.78, 5) is 23.9. The molecule has 1 amide bonds. The van der Waals surface area contributed by atoms with Crippen molar-refractivity contribution in [3.05, 3.63) is 0 Å². The van der Waals surface area contributed by atoms with Crippen LogP contribution in [0.25, 0.3) is 0 Å². The average molecular weight is 295 g/mol. The van der Waals surface area contributed by atoms with Crippen LogP contribution in [-0.4, -0.2) is 23.0 Å². The van der Waals surface area contributed by atoms with Gasteiger partial charge in [0, 0.05) is 12.0 Å². The summed E-state index contributed by atoms with van der Waals surface area (Å²) in [7, 11) is 0. The summed E-state index contributed by atoms with van der Waals surface area (Å²) < 4.78 is 0. The molecular weight excluding hydrogens is 266 g/mol. The third-order valence-corrected chi connectivity index (χ3v) is 5.14. The molecule has 0 aromatic heterocycles. The smallest absolute Gasteiger partial charge is 0.308 e. The molecule has 0 bridgehead atoms. The summed E-state index contributed by atoms with van der Waals surface area (Å²) in [5.41, 5.74) is 0. The van der Waals surface area contributed by atoms with Gasteiger partial charge in [-0.25, -0.2) is 0 Å². The minimum atomic E-state index is -0.750. The molecule has 2 fully saturated rings. The predicted octanol–water partition coefficient (Wildman–Crippen LogP) is 3.50. The Balaban J connectivity index is 1.93. The van der Waals surface area contributed by atoms with Gasteiger partial charge in [-0.15, -0.1) is 0 Å². The number of hydrogen-bond acceptors (Lipinski definition) is 2. The lowest BCUT2D eigenvalue weighted by atomic mass is 9.89. The van der Waals surface area contributed by atoms with Gasteiger partial charge >= 0.3 is 5.97 Å². The van der Waals surface area contributed by atoms with Gasteiger partial charge in [-0.3, -0.25) is 9.59 Å². The van der Waals surface area contributed by atoms with Crippen LogP contribution in [0, 0.1) is 11.8 Å². The molecule has 2 rings (SSSR count). The number of rotatable bonds is 3. The molecule has 0 saturated heterocycles. The van der Waals surface area contributed by atoms with E-state index in [1.54, 1.807) is 0 Å². The van der Waals surface area contributed by atoms with Crippen LogP contribution in [-0.2, 0) is 9.59 Å². The van der Waals surface area contributed by atoms with Gasteiger partial charge < -0.3 is 10.4 Å². The van der Waals surface area contributed by atoms with E-state index in [2.05, 4.69) is 5.32 Å². The molecule has 4 heteroatoms. The van der Waals surface area contributed by atoms with E-state index < -0.39 is 11.9 Å². The summed E-state index contributed by atoms with van der Waals surface area (Å²) in [6, 6.07) is -0.164. The maximum absolute atomic E-state index is 12.5. The molecule has 2 unspecified atom stereocenters. The summed E-state index contributed by atoms with van der Waals surface area (Å²) in [5, 5.41) is 12.5. The molecule has 2 atom stereocenters. The van der Waals surface area contributed by atoms with E-state index in [1.807, 2.05) is 0 Å². The first kappa shape index (κ1) is 16.3. The number of aliphatic carboxylic acids is 1. The van der Waals surface area contributed by atoms with Gasteiger partial charge in [0.1, 0.15) is 0 Å². The first-order chi connectivity index (χ1) is 10.2. The average Bonchev–Trinajstić information content (AvgIpc) is 2.63. The van der Waals surface area contributed by atoms with Crippen LogP contribution in [0.4, 0.5) is 0 Å². The van der Waals surface area contributed by atoms with Crippen molar-refractivity contribution in [2.75, 3.05) is 0 Å². The van der Waals surface area contributed by atoms with Crippen LogP contribution >= 0.6 is 0 Å². The molecule has 2 aliphatic carbocycles. The minimum Gasteiger partial charge on any atom is -0.481 e. The topological polar surface area (TPSA) is 66.4 Å². The molecule has 2 saturated carbocycles. The molecule has 0 aromatic carbocycles. The highest BCUT2D eigenvalue weighted by atomic mass is 16.4. The fourth-order valence-corrected chi connectivity index (χ4v) is 3.79. The molecule has 120 valence electrons. The molecule has 0 aromatic rings. The van der Waals surface area contributed by atoms with Gasteiger partial charge in [0.05, 0.1) is 5.92 Å². The highest BCUT2D eigenvalue weighted by Gasteiger charge is 2.32. The zero-order chi connectivity index (χ0) is 15.1. The number of carbonyl (C=O) groups excluding carboxylic acids is 1. The molecule has 2 N–H and O–H groups in total. The normalized spacial score (nSPS) is 29.0. The van der Waals surface area contributed by atoms with Crippen molar-refractivity contribution in [3.63, 3.8) is 0 Å². The Morgan fingerprint density at radius 1 is 0.762 bits per heavy atom. The highest BCUT2D eigenvalue weighted by molar-refractivity contribution is 5.80. The molecule has 4 nitrogen and oxygen atoms in total. The van der Waals surface area contributed by atoms with E-state index in [4.69, 9.17) is 0 Å². The Bertz CT molecular complexity index is 348. The van der Waals surface area contributed by atoms with Crippen molar-refractivity contribution in [1.82, 2.24) is 5.32 Å². The first-order valence-corrected chi connectivity index (χ1v) is 8.71. The number of amides is 1. The highest BCUT2D eigenvalue weighted by Crippen LogP contribution is 2.26. The Morgan fingerprint density at radius 3 is 1.95 bits per heavy atom. The molecular formula is C17H29NO3. The van der Waals surface area contributed by atoms with Crippen molar-refractivity contribution < 1.29 is 14.7 Å². The van der Waals surface area contributed by atoms with Gasteiger partial charge in [-0.05, 0) is 25.7 Å². The van der Waals surface area contributed by atoms with Gasteiger partial charge in [0.15, 0.2) is 0 Å². The van der Waals surface area contributed by atoms with Crippen molar-refractivity contribution in [3.8, 4) is 0 Å². The Kier molecular flexibility index (Phi) is 6.52. The summed E-state index contributed by atoms with van der Waals surface area (Å²) in [6.45, 7) is 0. The third-order valence-electron chi connectivity index (χ3n) is 5.14. The van der Waals surface area contributed by atoms with Crippen molar-refractivity contribution in [2.45, 2.75) is 83.1 Å². The SMILES string of the molecule is O=C(NC1CCCCCC1C(=O)O)C1CCCCCCC1. The van der Waals surface area contributed by atoms with Crippen LogP contribution in [0.3, 0.4) is 0 Å². The Morgan fingerprint density at radius 2 is 1.29 bits per heavy atom.